The first-order valence-electron chi connectivity index (χ1n) is 7.02. The number of ether oxygens (including phenoxy) is 1. The van der Waals surface area contributed by atoms with E-state index in [0.29, 0.717) is 27.7 Å². The maximum atomic E-state index is 11.3. The molecule has 0 aliphatic rings. The Labute approximate surface area is 139 Å². The molecule has 1 heterocycles. The normalized spacial score (nSPS) is 10.6. The largest absolute Gasteiger partial charge is 0.469 e. The Kier molecular flexibility index (Phi) is 4.92. The molecule has 0 atom stereocenters. The fraction of sp³-hybridized carbons (Fsp3) is 0.312. The predicted molar refractivity (Wildman–Crippen MR) is 87.9 cm³/mol. The van der Waals surface area contributed by atoms with Crippen molar-refractivity contribution >= 4 is 23.4 Å². The van der Waals surface area contributed by atoms with Gasteiger partial charge < -0.3 is 10.5 Å². The van der Waals surface area contributed by atoms with E-state index in [1.807, 2.05) is 13.8 Å². The van der Waals surface area contributed by atoms with E-state index in [9.17, 15) is 10.1 Å². The lowest BCUT2D eigenvalue weighted by atomic mass is 10.0. The zero-order valence-electron chi connectivity index (χ0n) is 13.1. The molecule has 0 aliphatic carbocycles. The summed E-state index contributed by atoms with van der Waals surface area (Å²) in [6, 6.07) is 7.25. The second-order valence-electron chi connectivity index (χ2n) is 5.33. The number of nitrogens with two attached hydrogens (primary N) is 1. The van der Waals surface area contributed by atoms with Crippen molar-refractivity contribution in [3.05, 3.63) is 34.3 Å². The molecule has 0 saturated carbocycles. The van der Waals surface area contributed by atoms with Crippen molar-refractivity contribution in [3.8, 4) is 17.3 Å². The molecule has 1 aromatic carbocycles. The van der Waals surface area contributed by atoms with E-state index in [1.54, 1.807) is 22.9 Å². The van der Waals surface area contributed by atoms with E-state index in [0.717, 1.165) is 5.56 Å². The monoisotopic (exact) mass is 332 g/mol. The molecule has 0 aliphatic heterocycles. The second kappa shape index (κ2) is 6.71. The zero-order chi connectivity index (χ0) is 17.1. The quantitative estimate of drug-likeness (QED) is 0.869. The molecule has 2 N–H and O–H groups in total. The Morgan fingerprint density at radius 2 is 2.22 bits per heavy atom. The van der Waals surface area contributed by atoms with E-state index in [-0.39, 0.29) is 18.4 Å². The van der Waals surface area contributed by atoms with Crippen LogP contribution >= 0.6 is 11.6 Å². The topological polar surface area (TPSA) is 93.9 Å². The molecule has 0 unspecified atom stereocenters. The maximum Gasteiger partial charge on any atom is 0.309 e. The van der Waals surface area contributed by atoms with Crippen LogP contribution in [-0.2, 0) is 16.0 Å². The summed E-state index contributed by atoms with van der Waals surface area (Å²) < 4.78 is 6.22. The predicted octanol–water partition coefficient (Wildman–Crippen LogP) is 2.95. The number of rotatable bonds is 4. The van der Waals surface area contributed by atoms with Crippen molar-refractivity contribution in [1.29, 1.82) is 5.26 Å². The van der Waals surface area contributed by atoms with Crippen LogP contribution < -0.4 is 5.73 Å². The van der Waals surface area contributed by atoms with Crippen molar-refractivity contribution in [1.82, 2.24) is 9.78 Å². The number of benzene rings is 1. The summed E-state index contributed by atoms with van der Waals surface area (Å²) in [5.41, 5.74) is 8.04. The van der Waals surface area contributed by atoms with Gasteiger partial charge in [0.2, 0.25) is 0 Å². The van der Waals surface area contributed by atoms with Crippen molar-refractivity contribution in [3.63, 3.8) is 0 Å². The number of nitriles is 1. The third-order valence-corrected chi connectivity index (χ3v) is 3.73. The minimum atomic E-state index is -0.347. The highest BCUT2D eigenvalue weighted by atomic mass is 35.5. The molecule has 6 nitrogen and oxygen atoms in total. The van der Waals surface area contributed by atoms with Gasteiger partial charge in [0.1, 0.15) is 23.1 Å². The number of methoxy groups -OCH3 is 1. The highest BCUT2D eigenvalue weighted by molar-refractivity contribution is 6.33. The number of aromatic nitrogens is 2. The first-order chi connectivity index (χ1) is 10.9. The van der Waals surface area contributed by atoms with Crippen molar-refractivity contribution in [2.75, 3.05) is 12.8 Å². The fourth-order valence-electron chi connectivity index (χ4n) is 2.24. The number of esters is 1. The van der Waals surface area contributed by atoms with Crippen LogP contribution in [0, 0.1) is 11.3 Å². The molecular weight excluding hydrogens is 316 g/mol. The smallest absolute Gasteiger partial charge is 0.309 e. The molecule has 2 aromatic rings. The van der Waals surface area contributed by atoms with E-state index < -0.39 is 0 Å². The molecular formula is C16H17ClN4O2. The summed E-state index contributed by atoms with van der Waals surface area (Å²) in [6.45, 7) is 3.85. The van der Waals surface area contributed by atoms with Gasteiger partial charge in [-0.15, -0.1) is 0 Å². The van der Waals surface area contributed by atoms with Gasteiger partial charge in [-0.05, 0) is 25.5 Å². The summed E-state index contributed by atoms with van der Waals surface area (Å²) in [7, 11) is 1.33. The molecule has 0 radical (unpaired) electrons. The van der Waals surface area contributed by atoms with Crippen LogP contribution in [0.1, 0.15) is 31.0 Å². The number of hydrogen-bond donors (Lipinski definition) is 1. The van der Waals surface area contributed by atoms with Crippen molar-refractivity contribution in [2.45, 2.75) is 26.3 Å². The van der Waals surface area contributed by atoms with E-state index in [1.165, 1.54) is 7.11 Å². The lowest BCUT2D eigenvalue weighted by Gasteiger charge is -2.07. The Hall–Kier alpha value is -2.52. The Morgan fingerprint density at radius 3 is 2.74 bits per heavy atom. The van der Waals surface area contributed by atoms with Gasteiger partial charge in [-0.1, -0.05) is 23.7 Å². The van der Waals surface area contributed by atoms with Gasteiger partial charge in [0, 0.05) is 11.6 Å². The Balaban J connectivity index is 2.49. The summed E-state index contributed by atoms with van der Waals surface area (Å²) in [5, 5.41) is 14.2. The number of nitrogens with zero attached hydrogens (tertiary/aromatic N) is 3. The molecule has 7 heteroatoms. The number of anilines is 1. The molecule has 0 amide bonds. The summed E-state index contributed by atoms with van der Waals surface area (Å²) >= 11 is 6.31. The standard InChI is InChI=1S/C16H17ClN4O2/c1-9(2)21-16(19)12(8-18)15(20-21)11-5-4-10(6-13(11)17)7-14(22)23-3/h4-6,9H,7,19H2,1-3H3. The van der Waals surface area contributed by atoms with Crippen LogP contribution in [0.2, 0.25) is 5.02 Å². The van der Waals surface area contributed by atoms with E-state index >= 15 is 0 Å². The summed E-state index contributed by atoms with van der Waals surface area (Å²) in [4.78, 5) is 11.3. The first-order valence-corrected chi connectivity index (χ1v) is 7.40. The number of carbonyl (C=O) groups excluding carboxylic acids is 1. The number of nitrogen functional groups attached to an aromatic ring is 1. The highest BCUT2D eigenvalue weighted by Gasteiger charge is 2.20. The van der Waals surface area contributed by atoms with Gasteiger partial charge in [0.15, 0.2) is 0 Å². The maximum absolute atomic E-state index is 11.3. The molecule has 1 aromatic heterocycles. The van der Waals surface area contributed by atoms with Crippen molar-refractivity contribution < 1.29 is 9.53 Å². The van der Waals surface area contributed by atoms with Crippen LogP contribution in [0.25, 0.3) is 11.3 Å². The molecule has 23 heavy (non-hydrogen) atoms. The van der Waals surface area contributed by atoms with Gasteiger partial charge in [-0.3, -0.25) is 4.79 Å². The second-order valence-corrected chi connectivity index (χ2v) is 5.73. The third kappa shape index (κ3) is 3.30. The molecule has 0 fully saturated rings. The van der Waals surface area contributed by atoms with Gasteiger partial charge >= 0.3 is 5.97 Å². The SMILES string of the molecule is COC(=O)Cc1ccc(-c2nn(C(C)C)c(N)c2C#N)c(Cl)c1. The van der Waals surface area contributed by atoms with Crippen LogP contribution in [0.15, 0.2) is 18.2 Å². The Morgan fingerprint density at radius 1 is 1.52 bits per heavy atom. The molecule has 0 bridgehead atoms. The van der Waals surface area contributed by atoms with Crippen LogP contribution in [0.4, 0.5) is 5.82 Å². The third-order valence-electron chi connectivity index (χ3n) is 3.41. The van der Waals surface area contributed by atoms with E-state index in [2.05, 4.69) is 15.9 Å². The number of halogens is 1. The van der Waals surface area contributed by atoms with Gasteiger partial charge in [-0.2, -0.15) is 10.4 Å². The lowest BCUT2D eigenvalue weighted by Crippen LogP contribution is -2.07. The fourth-order valence-corrected chi connectivity index (χ4v) is 2.53. The van der Waals surface area contributed by atoms with Gasteiger partial charge in [0.05, 0.1) is 18.6 Å². The first kappa shape index (κ1) is 16.8. The number of carbonyl (C=O) groups is 1. The number of hydrogen-bond acceptors (Lipinski definition) is 5. The van der Waals surface area contributed by atoms with Crippen LogP contribution in [-0.4, -0.2) is 22.9 Å². The molecule has 2 rings (SSSR count). The van der Waals surface area contributed by atoms with Gasteiger partial charge in [0.25, 0.3) is 0 Å². The molecule has 0 saturated heterocycles. The zero-order valence-corrected chi connectivity index (χ0v) is 13.9. The van der Waals surface area contributed by atoms with E-state index in [4.69, 9.17) is 17.3 Å². The van der Waals surface area contributed by atoms with Crippen LogP contribution in [0.5, 0.6) is 0 Å². The summed E-state index contributed by atoms with van der Waals surface area (Å²) in [6.07, 6.45) is 0.129. The average Bonchev–Trinajstić information content (AvgIpc) is 2.84. The van der Waals surface area contributed by atoms with Crippen molar-refractivity contribution in [2.24, 2.45) is 0 Å². The minimum Gasteiger partial charge on any atom is -0.469 e. The molecule has 0 spiro atoms. The Bertz CT molecular complexity index is 790. The van der Waals surface area contributed by atoms with Gasteiger partial charge in [-0.25, -0.2) is 4.68 Å². The lowest BCUT2D eigenvalue weighted by molar-refractivity contribution is -0.139. The summed E-state index contributed by atoms with van der Waals surface area (Å²) in [5.74, 6) is -0.0351. The minimum absolute atomic E-state index is 0.0215. The average molecular weight is 333 g/mol. The highest BCUT2D eigenvalue weighted by Crippen LogP contribution is 2.33. The van der Waals surface area contributed by atoms with Crippen LogP contribution in [0.3, 0.4) is 0 Å². The molecule has 120 valence electrons.